The van der Waals surface area contributed by atoms with Crippen molar-refractivity contribution in [1.29, 1.82) is 0 Å². The van der Waals surface area contributed by atoms with Gasteiger partial charge >= 0.3 is 18.4 Å². The third kappa shape index (κ3) is 7.16. The highest BCUT2D eigenvalue weighted by Crippen LogP contribution is 2.32. The zero-order valence-electron chi connectivity index (χ0n) is 17.4. The van der Waals surface area contributed by atoms with Gasteiger partial charge in [0, 0.05) is 11.8 Å². The highest BCUT2D eigenvalue weighted by atomic mass is 32.2. The monoisotopic (exact) mass is 518 g/mol. The molecule has 1 heterocycles. The largest absolute Gasteiger partial charge is 0.417 e. The Bertz CT molecular complexity index is 1310. The molecule has 0 spiro atoms. The highest BCUT2D eigenvalue weighted by molar-refractivity contribution is 7.89. The summed E-state index contributed by atoms with van der Waals surface area (Å²) in [5.41, 5.74) is -0.699. The molecule has 0 atom stereocenters. The van der Waals surface area contributed by atoms with E-state index in [0.717, 1.165) is 18.3 Å². The summed E-state index contributed by atoms with van der Waals surface area (Å²) >= 11 is 0. The predicted molar refractivity (Wildman–Crippen MR) is 115 cm³/mol. The van der Waals surface area contributed by atoms with Gasteiger partial charge < -0.3 is 10.6 Å². The molecule has 0 radical (unpaired) electrons. The maximum atomic E-state index is 12.9. The molecule has 0 aliphatic heterocycles. The Kier molecular flexibility index (Phi) is 7.36. The Balaban J connectivity index is 1.92. The fraction of sp³-hybridized carbons (Fsp3) is 0.143. The lowest BCUT2D eigenvalue weighted by Crippen LogP contribution is -2.33. The lowest BCUT2D eigenvalue weighted by Gasteiger charge is -2.15. The Labute approximate surface area is 195 Å². The number of nitrogens with one attached hydrogen (secondary N) is 3. The Morgan fingerprint density at radius 2 is 1.57 bits per heavy atom. The molecule has 3 aromatic rings. The number of anilines is 2. The molecule has 2 amide bonds. The number of carbonyl (C=O) groups excluding carboxylic acids is 1. The minimum absolute atomic E-state index is 0.122. The predicted octanol–water partition coefficient (Wildman–Crippen LogP) is 5.25. The van der Waals surface area contributed by atoms with Crippen molar-refractivity contribution in [2.75, 3.05) is 17.2 Å². The molecule has 0 bridgehead atoms. The summed E-state index contributed by atoms with van der Waals surface area (Å²) < 4.78 is 102. The third-order valence-electron chi connectivity index (χ3n) is 4.42. The van der Waals surface area contributed by atoms with Crippen LogP contribution in [-0.2, 0) is 16.2 Å². The lowest BCUT2D eigenvalue weighted by molar-refractivity contribution is -0.137. The molecule has 1 aromatic heterocycles. The van der Waals surface area contributed by atoms with E-state index in [2.05, 4.69) is 15.6 Å². The number of sulfonamides is 1. The summed E-state index contributed by atoms with van der Waals surface area (Å²) in [5.74, 6) is 0. The molecule has 3 N–H and O–H groups in total. The van der Waals surface area contributed by atoms with Gasteiger partial charge in [0.2, 0.25) is 10.0 Å². The van der Waals surface area contributed by atoms with Gasteiger partial charge in [-0.15, -0.1) is 0 Å². The van der Waals surface area contributed by atoms with Crippen molar-refractivity contribution in [2.45, 2.75) is 17.2 Å². The number of nitrogens with zero attached hydrogens (tertiary/aromatic N) is 1. The first-order valence-electron chi connectivity index (χ1n) is 9.61. The zero-order valence-corrected chi connectivity index (χ0v) is 18.2. The van der Waals surface area contributed by atoms with E-state index in [1.807, 2.05) is 0 Å². The second kappa shape index (κ2) is 9.92. The van der Waals surface area contributed by atoms with Crippen LogP contribution in [0, 0.1) is 0 Å². The van der Waals surface area contributed by atoms with Gasteiger partial charge in [-0.3, -0.25) is 4.98 Å². The highest BCUT2D eigenvalue weighted by Gasteiger charge is 2.32. The van der Waals surface area contributed by atoms with Gasteiger partial charge in [0.15, 0.2) is 0 Å². The second-order valence-corrected chi connectivity index (χ2v) is 8.82. The van der Waals surface area contributed by atoms with Crippen LogP contribution in [0.5, 0.6) is 0 Å². The van der Waals surface area contributed by atoms with E-state index in [4.69, 9.17) is 0 Å². The number of alkyl halides is 6. The molecule has 0 aliphatic rings. The number of rotatable bonds is 6. The molecule has 35 heavy (non-hydrogen) atoms. The Hall–Kier alpha value is -3.65. The number of amides is 2. The van der Waals surface area contributed by atoms with Crippen LogP contribution < -0.4 is 15.4 Å². The van der Waals surface area contributed by atoms with Crippen molar-refractivity contribution >= 4 is 27.4 Å². The van der Waals surface area contributed by atoms with E-state index < -0.39 is 45.4 Å². The molecular formula is C21H16F6N4O3S. The van der Waals surface area contributed by atoms with Gasteiger partial charge in [0.1, 0.15) is 6.54 Å². The third-order valence-corrected chi connectivity index (χ3v) is 5.82. The molecule has 7 nitrogen and oxygen atoms in total. The molecule has 2 aromatic carbocycles. The summed E-state index contributed by atoms with van der Waals surface area (Å²) in [4.78, 5) is 15.3. The molecule has 0 aliphatic carbocycles. The standard InChI is InChI=1S/C21H16F6N4O3S/c22-20(23,24)12-29-35(33,34)16-6-7-17(13-4-2-1-3-5-13)18(9-16)31-19(32)30-15-8-14(10-28-11-15)21(25,26)27/h1-11,29H,12H2,(H2,30,31,32). The van der Waals surface area contributed by atoms with Gasteiger partial charge in [-0.1, -0.05) is 36.4 Å². The number of hydrogen-bond donors (Lipinski definition) is 3. The van der Waals surface area contributed by atoms with Crippen LogP contribution in [-0.4, -0.2) is 32.2 Å². The number of carbonyl (C=O) groups is 1. The van der Waals surface area contributed by atoms with Crippen LogP contribution in [0.2, 0.25) is 0 Å². The SMILES string of the molecule is O=C(Nc1cncc(C(F)(F)F)c1)Nc1cc(S(=O)(=O)NCC(F)(F)F)ccc1-c1ccccc1. The van der Waals surface area contributed by atoms with Gasteiger partial charge in [0.05, 0.1) is 28.0 Å². The lowest BCUT2D eigenvalue weighted by atomic mass is 10.0. The number of pyridine rings is 1. The summed E-state index contributed by atoms with van der Waals surface area (Å²) in [5, 5.41) is 4.49. The van der Waals surface area contributed by atoms with Crippen LogP contribution in [0.4, 0.5) is 42.5 Å². The van der Waals surface area contributed by atoms with Crippen LogP contribution in [0.25, 0.3) is 11.1 Å². The average Bonchev–Trinajstić information content (AvgIpc) is 2.77. The van der Waals surface area contributed by atoms with Crippen LogP contribution >= 0.6 is 0 Å². The first-order valence-corrected chi connectivity index (χ1v) is 11.1. The normalized spacial score (nSPS) is 12.3. The summed E-state index contributed by atoms with van der Waals surface area (Å²) in [6.07, 6.45) is -7.96. The van der Waals surface area contributed by atoms with E-state index in [0.29, 0.717) is 23.4 Å². The molecule has 186 valence electrons. The molecule has 0 saturated carbocycles. The summed E-state index contributed by atoms with van der Waals surface area (Å²) in [6.45, 7) is -1.80. The fourth-order valence-electron chi connectivity index (χ4n) is 2.87. The van der Waals surface area contributed by atoms with Crippen molar-refractivity contribution < 1.29 is 39.6 Å². The smallest absolute Gasteiger partial charge is 0.307 e. The molecule has 0 unspecified atom stereocenters. The average molecular weight is 518 g/mol. The number of hydrogen-bond acceptors (Lipinski definition) is 4. The molecule has 3 rings (SSSR count). The zero-order chi connectivity index (χ0) is 25.9. The number of urea groups is 1. The quantitative estimate of drug-likeness (QED) is 0.388. The maximum absolute atomic E-state index is 12.9. The fourth-order valence-corrected chi connectivity index (χ4v) is 3.91. The van der Waals surface area contributed by atoms with Crippen molar-refractivity contribution in [3.8, 4) is 11.1 Å². The van der Waals surface area contributed by atoms with Crippen LogP contribution in [0.1, 0.15) is 5.56 Å². The van der Waals surface area contributed by atoms with E-state index in [9.17, 15) is 39.6 Å². The van der Waals surface area contributed by atoms with Gasteiger partial charge in [-0.25, -0.2) is 17.9 Å². The molecule has 0 saturated heterocycles. The summed E-state index contributed by atoms with van der Waals surface area (Å²) in [7, 11) is -4.61. The first kappa shape index (κ1) is 26.0. The van der Waals surface area contributed by atoms with E-state index in [-0.39, 0.29) is 11.4 Å². The van der Waals surface area contributed by atoms with Crippen molar-refractivity contribution in [1.82, 2.24) is 9.71 Å². The maximum Gasteiger partial charge on any atom is 0.417 e. The minimum atomic E-state index is -4.79. The first-order chi connectivity index (χ1) is 16.2. The van der Waals surface area contributed by atoms with Crippen LogP contribution in [0.15, 0.2) is 71.9 Å². The van der Waals surface area contributed by atoms with Crippen LogP contribution in [0.3, 0.4) is 0 Å². The molecular weight excluding hydrogens is 502 g/mol. The minimum Gasteiger partial charge on any atom is -0.307 e. The van der Waals surface area contributed by atoms with Crippen molar-refractivity contribution in [2.24, 2.45) is 0 Å². The molecule has 0 fully saturated rings. The summed E-state index contributed by atoms with van der Waals surface area (Å²) in [6, 6.07) is 11.1. The van der Waals surface area contributed by atoms with Gasteiger partial charge in [-0.2, -0.15) is 26.3 Å². The van der Waals surface area contributed by atoms with Crippen molar-refractivity contribution in [3.05, 3.63) is 72.6 Å². The van der Waals surface area contributed by atoms with Crippen molar-refractivity contribution in [3.63, 3.8) is 0 Å². The van der Waals surface area contributed by atoms with E-state index in [1.54, 1.807) is 30.3 Å². The topological polar surface area (TPSA) is 100 Å². The van der Waals surface area contributed by atoms with E-state index >= 15 is 0 Å². The molecule has 14 heteroatoms. The number of benzene rings is 2. The van der Waals surface area contributed by atoms with Gasteiger partial charge in [-0.05, 0) is 23.8 Å². The number of aromatic nitrogens is 1. The van der Waals surface area contributed by atoms with E-state index in [1.165, 1.54) is 10.8 Å². The Morgan fingerprint density at radius 1 is 0.886 bits per heavy atom. The number of halogens is 6. The second-order valence-electron chi connectivity index (χ2n) is 7.05. The van der Waals surface area contributed by atoms with Gasteiger partial charge in [0.25, 0.3) is 0 Å². The Morgan fingerprint density at radius 3 is 2.20 bits per heavy atom.